The van der Waals surface area contributed by atoms with Gasteiger partial charge in [0.25, 0.3) is 0 Å². The van der Waals surface area contributed by atoms with Crippen molar-refractivity contribution in [2.45, 2.75) is 57.0 Å². The van der Waals surface area contributed by atoms with E-state index in [0.29, 0.717) is 5.69 Å². The molecule has 140 valence electrons. The maximum atomic E-state index is 11.6. The van der Waals surface area contributed by atoms with Crippen LogP contribution in [0.3, 0.4) is 0 Å². The Morgan fingerprint density at radius 2 is 1.96 bits per heavy atom. The van der Waals surface area contributed by atoms with Crippen LogP contribution in [0.2, 0.25) is 0 Å². The van der Waals surface area contributed by atoms with Crippen molar-refractivity contribution in [1.29, 1.82) is 0 Å². The summed E-state index contributed by atoms with van der Waals surface area (Å²) in [5.74, 6) is -0.612. The van der Waals surface area contributed by atoms with Crippen LogP contribution in [0.1, 0.15) is 25.8 Å². The molecule has 1 saturated heterocycles. The molecular weight excluding hydrogens is 336 g/mol. The molecule has 0 aromatic carbocycles. The number of aliphatic hydroxyl groups is 4. The highest BCUT2D eigenvalue weighted by Crippen LogP contribution is 2.27. The summed E-state index contributed by atoms with van der Waals surface area (Å²) in [6.45, 7) is 2.07. The summed E-state index contributed by atoms with van der Waals surface area (Å²) < 4.78 is 6.49. The average molecular weight is 358 g/mol. The maximum Gasteiger partial charge on any atom is 0.217 e. The molecule has 11 nitrogen and oxygen atoms in total. The zero-order chi connectivity index (χ0) is 18.7. The van der Waals surface area contributed by atoms with Gasteiger partial charge in [0.15, 0.2) is 12.0 Å². The number of hydrogen-bond acceptors (Lipinski definition) is 9. The van der Waals surface area contributed by atoms with E-state index in [-0.39, 0.29) is 18.1 Å². The molecule has 1 aromatic heterocycles. The van der Waals surface area contributed by atoms with Crippen LogP contribution in [0.15, 0.2) is 6.20 Å². The first kappa shape index (κ1) is 19.4. The second kappa shape index (κ2) is 7.97. The zero-order valence-electron chi connectivity index (χ0n) is 13.8. The Labute approximate surface area is 143 Å². The Morgan fingerprint density at radius 3 is 2.52 bits per heavy atom. The van der Waals surface area contributed by atoms with Crippen molar-refractivity contribution in [3.63, 3.8) is 0 Å². The molecule has 25 heavy (non-hydrogen) atoms. The summed E-state index contributed by atoms with van der Waals surface area (Å²) in [5.41, 5.74) is 0.353. The van der Waals surface area contributed by atoms with E-state index in [1.54, 1.807) is 0 Å². The minimum atomic E-state index is -1.53. The van der Waals surface area contributed by atoms with Crippen molar-refractivity contribution in [3.05, 3.63) is 11.9 Å². The van der Waals surface area contributed by atoms with Gasteiger partial charge in [0.1, 0.15) is 24.4 Å². The van der Waals surface area contributed by atoms with E-state index < -0.39 is 43.3 Å². The molecule has 1 aliphatic rings. The fraction of sp³-hybridized carbons (Fsp3) is 0.714. The molecule has 0 bridgehead atoms. The fourth-order valence-electron chi connectivity index (χ4n) is 2.58. The summed E-state index contributed by atoms with van der Waals surface area (Å²) in [5, 5.41) is 49.0. The highest BCUT2D eigenvalue weighted by atomic mass is 16.6. The molecule has 2 rings (SSSR count). The number of aliphatic hydroxyl groups excluding tert-OH is 4. The third-order valence-electron chi connectivity index (χ3n) is 3.97. The van der Waals surface area contributed by atoms with Gasteiger partial charge in [-0.1, -0.05) is 5.21 Å². The van der Waals surface area contributed by atoms with Gasteiger partial charge in [-0.15, -0.1) is 5.10 Å². The van der Waals surface area contributed by atoms with Crippen molar-refractivity contribution in [2.75, 3.05) is 6.61 Å². The maximum absolute atomic E-state index is 11.6. The molecule has 0 spiro atoms. The average Bonchev–Trinajstić information content (AvgIpc) is 3.00. The molecule has 0 aliphatic carbocycles. The van der Waals surface area contributed by atoms with E-state index in [2.05, 4.69) is 15.6 Å². The Bertz CT molecular complexity index is 620. The molecule has 2 heterocycles. The van der Waals surface area contributed by atoms with E-state index in [0.717, 1.165) is 4.68 Å². The van der Waals surface area contributed by atoms with Gasteiger partial charge >= 0.3 is 0 Å². The first-order chi connectivity index (χ1) is 11.7. The zero-order valence-corrected chi connectivity index (χ0v) is 13.8. The van der Waals surface area contributed by atoms with Gasteiger partial charge in [0.2, 0.25) is 5.91 Å². The number of ether oxygens (including phenoxy) is 1. The number of nitrogens with one attached hydrogen (secondary N) is 1. The van der Waals surface area contributed by atoms with Crippen LogP contribution in [0.4, 0.5) is 0 Å². The third-order valence-corrected chi connectivity index (χ3v) is 3.97. The van der Waals surface area contributed by atoms with Gasteiger partial charge in [-0.25, -0.2) is 4.68 Å². The SMILES string of the molecule is CC(=O)NC(Cc1cn([C@@H]2OC(CO)[C@H](O)C(O)C2O)nn1)C(C)=O. The quantitative estimate of drug-likeness (QED) is 0.353. The number of Topliss-reactive ketones (excluding diaryl/α,β-unsaturated/α-hetero) is 1. The van der Waals surface area contributed by atoms with Gasteiger partial charge in [0, 0.05) is 13.3 Å². The lowest BCUT2D eigenvalue weighted by Crippen LogP contribution is -2.56. The Hall–Kier alpha value is -1.92. The highest BCUT2D eigenvalue weighted by Gasteiger charge is 2.44. The van der Waals surface area contributed by atoms with Crippen LogP contribution >= 0.6 is 0 Å². The van der Waals surface area contributed by atoms with Crippen LogP contribution in [0.25, 0.3) is 0 Å². The number of carbonyl (C=O) groups is 2. The van der Waals surface area contributed by atoms with E-state index >= 15 is 0 Å². The monoisotopic (exact) mass is 358 g/mol. The molecule has 11 heteroatoms. The summed E-state index contributed by atoms with van der Waals surface area (Å²) in [4.78, 5) is 22.7. The molecule has 0 saturated carbocycles. The minimum absolute atomic E-state index is 0.0896. The molecular formula is C14H22N4O7. The van der Waals surface area contributed by atoms with E-state index in [1.165, 1.54) is 20.0 Å². The molecule has 0 radical (unpaired) electrons. The van der Waals surface area contributed by atoms with E-state index in [4.69, 9.17) is 4.74 Å². The van der Waals surface area contributed by atoms with Crippen molar-refractivity contribution < 1.29 is 34.8 Å². The Morgan fingerprint density at radius 1 is 1.28 bits per heavy atom. The van der Waals surface area contributed by atoms with Crippen molar-refractivity contribution in [1.82, 2.24) is 20.3 Å². The van der Waals surface area contributed by atoms with Crippen LogP contribution in [0.5, 0.6) is 0 Å². The predicted molar refractivity (Wildman–Crippen MR) is 81.0 cm³/mol. The van der Waals surface area contributed by atoms with Crippen LogP contribution in [-0.4, -0.2) is 84.2 Å². The van der Waals surface area contributed by atoms with Crippen LogP contribution < -0.4 is 5.32 Å². The highest BCUT2D eigenvalue weighted by molar-refractivity contribution is 5.86. The number of carbonyl (C=O) groups excluding carboxylic acids is 2. The van der Waals surface area contributed by atoms with Crippen molar-refractivity contribution in [2.24, 2.45) is 0 Å². The van der Waals surface area contributed by atoms with Gasteiger partial charge < -0.3 is 30.5 Å². The summed E-state index contributed by atoms with van der Waals surface area (Å²) in [6.07, 6.45) is -5.26. The molecule has 6 atom stereocenters. The normalized spacial score (nSPS) is 30.7. The number of nitrogens with zero attached hydrogens (tertiary/aromatic N) is 3. The molecule has 1 aliphatic heterocycles. The van der Waals surface area contributed by atoms with E-state index in [9.17, 15) is 30.0 Å². The third kappa shape index (κ3) is 4.38. The Balaban J connectivity index is 2.14. The lowest BCUT2D eigenvalue weighted by atomic mass is 9.98. The van der Waals surface area contributed by atoms with Gasteiger partial charge in [-0.3, -0.25) is 9.59 Å². The minimum Gasteiger partial charge on any atom is -0.394 e. The molecule has 4 unspecified atom stereocenters. The summed E-state index contributed by atoms with van der Waals surface area (Å²) >= 11 is 0. The number of ketones is 1. The molecule has 1 amide bonds. The van der Waals surface area contributed by atoms with E-state index in [1.807, 2.05) is 0 Å². The second-order valence-electron chi connectivity index (χ2n) is 5.98. The lowest BCUT2D eigenvalue weighted by Gasteiger charge is -2.39. The fourth-order valence-corrected chi connectivity index (χ4v) is 2.58. The number of aromatic nitrogens is 3. The first-order valence-electron chi connectivity index (χ1n) is 7.73. The number of amides is 1. The summed E-state index contributed by atoms with van der Waals surface area (Å²) in [6, 6.07) is -0.766. The standard InChI is InChI=1S/C14H22N4O7/c1-6(20)9(15-7(2)21)3-8-4-18(17-16-8)14-13(24)12(23)11(22)10(5-19)25-14/h4,9-14,19,22-24H,3,5H2,1-2H3,(H,15,21)/t9?,10?,11-,12?,13?,14+/m0/s1. The topological polar surface area (TPSA) is 167 Å². The first-order valence-corrected chi connectivity index (χ1v) is 7.73. The van der Waals surface area contributed by atoms with Crippen molar-refractivity contribution >= 4 is 11.7 Å². The van der Waals surface area contributed by atoms with Gasteiger partial charge in [-0.05, 0) is 6.92 Å². The number of hydrogen-bond donors (Lipinski definition) is 5. The van der Waals surface area contributed by atoms with Crippen molar-refractivity contribution in [3.8, 4) is 0 Å². The van der Waals surface area contributed by atoms with Crippen LogP contribution in [0, 0.1) is 0 Å². The molecule has 1 fully saturated rings. The largest absolute Gasteiger partial charge is 0.394 e. The summed E-state index contributed by atoms with van der Waals surface area (Å²) in [7, 11) is 0. The molecule has 1 aromatic rings. The molecule has 5 N–H and O–H groups in total. The second-order valence-corrected chi connectivity index (χ2v) is 5.98. The smallest absolute Gasteiger partial charge is 0.217 e. The van der Waals surface area contributed by atoms with Gasteiger partial charge in [0.05, 0.1) is 24.5 Å². The number of rotatable bonds is 6. The van der Waals surface area contributed by atoms with Crippen LogP contribution in [-0.2, 0) is 20.7 Å². The Kier molecular flexibility index (Phi) is 6.19. The lowest BCUT2D eigenvalue weighted by molar-refractivity contribution is -0.254. The van der Waals surface area contributed by atoms with Gasteiger partial charge in [-0.2, -0.15) is 0 Å². The predicted octanol–water partition coefficient (Wildman–Crippen LogP) is -3.11.